The van der Waals surface area contributed by atoms with Crippen molar-refractivity contribution >= 4 is 31.4 Å². The number of nitrogens with zero attached hydrogens (tertiary/aromatic N) is 3. The summed E-state index contributed by atoms with van der Waals surface area (Å²) in [5, 5.41) is 2.73. The second-order valence-corrected chi connectivity index (χ2v) is 12.0. The quantitative estimate of drug-likeness (QED) is 0.744. The first-order valence-corrected chi connectivity index (χ1v) is 12.6. The highest BCUT2D eigenvalue weighted by Crippen LogP contribution is 2.50. The number of thiazole rings is 1. The lowest BCUT2D eigenvalue weighted by Gasteiger charge is -2.33. The maximum Gasteiger partial charge on any atom is 0.244 e. The topological polar surface area (TPSA) is 87.7 Å². The van der Waals surface area contributed by atoms with Crippen LogP contribution >= 0.6 is 11.3 Å². The average Bonchev–Trinajstić information content (AvgIpc) is 3.30. The summed E-state index contributed by atoms with van der Waals surface area (Å²) < 4.78 is 54.4. The van der Waals surface area contributed by atoms with Crippen molar-refractivity contribution in [3.8, 4) is 0 Å². The van der Waals surface area contributed by atoms with E-state index in [1.165, 1.54) is 19.9 Å². The van der Waals surface area contributed by atoms with Crippen LogP contribution in [0.1, 0.15) is 29.6 Å². The smallest absolute Gasteiger partial charge is 0.244 e. The summed E-state index contributed by atoms with van der Waals surface area (Å²) in [6, 6.07) is 6.93. The van der Waals surface area contributed by atoms with Crippen LogP contribution < -0.4 is 0 Å². The molecule has 7 nitrogen and oxygen atoms in total. The van der Waals surface area contributed by atoms with E-state index < -0.39 is 25.6 Å². The highest BCUT2D eigenvalue weighted by Gasteiger charge is 2.58. The number of aromatic nitrogens is 1. The Kier molecular flexibility index (Phi) is 4.47. The van der Waals surface area contributed by atoms with E-state index in [4.69, 9.17) is 0 Å². The molecule has 2 aliphatic heterocycles. The van der Waals surface area contributed by atoms with Gasteiger partial charge in [-0.3, -0.25) is 0 Å². The van der Waals surface area contributed by atoms with Gasteiger partial charge in [-0.1, -0.05) is 18.2 Å². The second kappa shape index (κ2) is 6.35. The van der Waals surface area contributed by atoms with E-state index in [-0.39, 0.29) is 23.7 Å². The van der Waals surface area contributed by atoms with Gasteiger partial charge in [0.1, 0.15) is 0 Å². The summed E-state index contributed by atoms with van der Waals surface area (Å²) in [4.78, 5) is 4.69. The Bertz CT molecular complexity index is 1090. The Morgan fingerprint density at radius 2 is 2.04 bits per heavy atom. The van der Waals surface area contributed by atoms with Crippen LogP contribution in [0.4, 0.5) is 0 Å². The summed E-state index contributed by atoms with van der Waals surface area (Å²) in [5.74, 6) is 0.00274. The number of benzene rings is 1. The van der Waals surface area contributed by atoms with Crippen molar-refractivity contribution in [1.29, 1.82) is 0 Å². The van der Waals surface area contributed by atoms with Crippen LogP contribution in [-0.4, -0.2) is 49.3 Å². The van der Waals surface area contributed by atoms with Gasteiger partial charge in [-0.25, -0.2) is 21.8 Å². The maximum atomic E-state index is 13.3. The van der Waals surface area contributed by atoms with Crippen LogP contribution in [0.25, 0.3) is 0 Å². The standard InChI is InChI=1S/C17H21N3O4S3/c1-3-26(21,22)19-9-8-17(12-19)15-6-4-5-7-16(15)27(23,24)20(17)10-14-11-25-13(2)18-14/h4-7,11H,3,8-10,12H2,1-2H3. The fraction of sp³-hybridized carbons (Fsp3) is 0.471. The van der Waals surface area contributed by atoms with E-state index in [2.05, 4.69) is 4.98 Å². The first-order valence-electron chi connectivity index (χ1n) is 8.72. The predicted molar refractivity (Wildman–Crippen MR) is 103 cm³/mol. The molecule has 1 aromatic heterocycles. The van der Waals surface area contributed by atoms with Crippen LogP contribution in [0.5, 0.6) is 0 Å². The molecule has 27 heavy (non-hydrogen) atoms. The minimum atomic E-state index is -3.73. The largest absolute Gasteiger partial charge is 0.245 e. The summed E-state index contributed by atoms with van der Waals surface area (Å²) in [7, 11) is -7.12. The zero-order valence-electron chi connectivity index (χ0n) is 15.1. The molecular formula is C17H21N3O4S3. The minimum absolute atomic E-state index is 0.00274. The minimum Gasteiger partial charge on any atom is -0.245 e. The molecule has 0 aliphatic carbocycles. The molecule has 0 amide bonds. The van der Waals surface area contributed by atoms with Crippen LogP contribution in [-0.2, 0) is 32.1 Å². The number of hydrogen-bond donors (Lipinski definition) is 0. The van der Waals surface area contributed by atoms with Crippen molar-refractivity contribution in [3.63, 3.8) is 0 Å². The molecule has 2 aromatic rings. The van der Waals surface area contributed by atoms with Gasteiger partial charge in [0.05, 0.1) is 33.4 Å². The number of rotatable bonds is 4. The number of sulfonamides is 2. The Balaban J connectivity index is 1.84. The first kappa shape index (κ1) is 19.0. The van der Waals surface area contributed by atoms with Crippen molar-refractivity contribution in [3.05, 3.63) is 45.9 Å². The third kappa shape index (κ3) is 2.85. The molecule has 2 aliphatic rings. The van der Waals surface area contributed by atoms with Gasteiger partial charge in [0.15, 0.2) is 0 Å². The summed E-state index contributed by atoms with van der Waals surface area (Å²) in [6.45, 7) is 4.08. The highest BCUT2D eigenvalue weighted by molar-refractivity contribution is 7.89. The van der Waals surface area contributed by atoms with Gasteiger partial charge in [-0.15, -0.1) is 11.3 Å². The Morgan fingerprint density at radius 3 is 2.70 bits per heavy atom. The van der Waals surface area contributed by atoms with Crippen molar-refractivity contribution in [2.75, 3.05) is 18.8 Å². The van der Waals surface area contributed by atoms with Crippen molar-refractivity contribution in [2.45, 2.75) is 37.2 Å². The SMILES string of the molecule is CCS(=O)(=O)N1CCC2(C1)c1ccccc1S(=O)(=O)N2Cc1csc(C)n1. The number of aryl methyl sites for hydroxylation is 1. The lowest BCUT2D eigenvalue weighted by atomic mass is 9.89. The van der Waals surface area contributed by atoms with Gasteiger partial charge < -0.3 is 0 Å². The monoisotopic (exact) mass is 427 g/mol. The number of hydrogen-bond acceptors (Lipinski definition) is 6. The first-order chi connectivity index (χ1) is 12.7. The number of fused-ring (bicyclic) bond motifs is 2. The molecule has 1 atom stereocenters. The fourth-order valence-corrected chi connectivity index (χ4v) is 7.81. The molecule has 4 rings (SSSR count). The van der Waals surface area contributed by atoms with Gasteiger partial charge >= 0.3 is 0 Å². The molecule has 0 saturated carbocycles. The predicted octanol–water partition coefficient (Wildman–Crippen LogP) is 1.91. The average molecular weight is 428 g/mol. The molecule has 0 N–H and O–H groups in total. The molecule has 10 heteroatoms. The molecule has 1 unspecified atom stereocenters. The van der Waals surface area contributed by atoms with Crippen molar-refractivity contribution < 1.29 is 16.8 Å². The van der Waals surface area contributed by atoms with Gasteiger partial charge in [-0.05, 0) is 31.9 Å². The molecule has 3 heterocycles. The van der Waals surface area contributed by atoms with Crippen LogP contribution in [0.15, 0.2) is 34.5 Å². The summed E-state index contributed by atoms with van der Waals surface area (Å²) in [6.07, 6.45) is 0.436. The van der Waals surface area contributed by atoms with Gasteiger partial charge in [-0.2, -0.15) is 8.61 Å². The Hall–Kier alpha value is -1.33. The van der Waals surface area contributed by atoms with E-state index >= 15 is 0 Å². The molecule has 0 radical (unpaired) electrons. The summed E-state index contributed by atoms with van der Waals surface area (Å²) in [5.41, 5.74) is 0.491. The molecule has 0 bridgehead atoms. The summed E-state index contributed by atoms with van der Waals surface area (Å²) >= 11 is 1.47. The third-order valence-corrected chi connectivity index (χ3v) is 10.00. The van der Waals surface area contributed by atoms with E-state index in [9.17, 15) is 16.8 Å². The zero-order chi connectivity index (χ0) is 19.4. The molecular weight excluding hydrogens is 406 g/mol. The highest BCUT2D eigenvalue weighted by atomic mass is 32.2. The molecule has 1 spiro atoms. The second-order valence-electron chi connectivity index (χ2n) is 6.88. The molecule has 1 aromatic carbocycles. The normalized spacial score (nSPS) is 25.3. The zero-order valence-corrected chi connectivity index (χ0v) is 17.6. The maximum absolute atomic E-state index is 13.3. The van der Waals surface area contributed by atoms with E-state index in [1.54, 1.807) is 25.1 Å². The van der Waals surface area contributed by atoms with Gasteiger partial charge in [0.2, 0.25) is 20.0 Å². The fourth-order valence-electron chi connectivity index (χ4n) is 4.03. The van der Waals surface area contributed by atoms with Crippen LogP contribution in [0.2, 0.25) is 0 Å². The Labute approximate surface area is 163 Å². The van der Waals surface area contributed by atoms with Crippen molar-refractivity contribution in [2.24, 2.45) is 0 Å². The lowest BCUT2D eigenvalue weighted by Crippen LogP contribution is -2.46. The molecule has 1 saturated heterocycles. The lowest BCUT2D eigenvalue weighted by molar-refractivity contribution is 0.202. The van der Waals surface area contributed by atoms with E-state index in [1.807, 2.05) is 18.4 Å². The van der Waals surface area contributed by atoms with Gasteiger partial charge in [0, 0.05) is 18.5 Å². The molecule has 1 fully saturated rings. The van der Waals surface area contributed by atoms with E-state index in [0.717, 1.165) is 5.01 Å². The molecule has 146 valence electrons. The van der Waals surface area contributed by atoms with Crippen LogP contribution in [0, 0.1) is 6.92 Å². The Morgan fingerprint density at radius 1 is 1.30 bits per heavy atom. The van der Waals surface area contributed by atoms with Crippen molar-refractivity contribution in [1.82, 2.24) is 13.6 Å². The van der Waals surface area contributed by atoms with E-state index in [0.29, 0.717) is 24.2 Å². The van der Waals surface area contributed by atoms with Gasteiger partial charge in [0.25, 0.3) is 0 Å². The van der Waals surface area contributed by atoms with Crippen LogP contribution in [0.3, 0.4) is 0 Å². The third-order valence-electron chi connectivity index (χ3n) is 5.38.